The molecule has 0 aliphatic heterocycles. The quantitative estimate of drug-likeness (QED) is 0.369. The molecule has 0 aliphatic carbocycles. The molecule has 0 aliphatic rings. The van der Waals surface area contributed by atoms with Crippen LogP contribution in [0.15, 0.2) is 54.6 Å². The molecule has 0 fully saturated rings. The number of benzene rings is 2. The lowest BCUT2D eigenvalue weighted by Gasteiger charge is -2.23. The average molecular weight is 525 g/mol. The Kier molecular flexibility index (Phi) is 9.06. The van der Waals surface area contributed by atoms with E-state index in [-0.39, 0.29) is 13.0 Å². The van der Waals surface area contributed by atoms with Gasteiger partial charge in [-0.3, -0.25) is 9.59 Å². The van der Waals surface area contributed by atoms with Gasteiger partial charge in [0.05, 0.1) is 6.10 Å². The second-order valence-corrected chi connectivity index (χ2v) is 7.85. The SMILES string of the molecule is C[C@@H](O)[C@H](NC(=O)OCc1ccccc1)C(=O)N[C@@H](Cc1ccccc1I)C(N)=O. The number of alkyl carbamates (subject to hydrolysis) is 1. The summed E-state index contributed by atoms with van der Waals surface area (Å²) < 4.78 is 6.01. The van der Waals surface area contributed by atoms with Crippen LogP contribution in [-0.2, 0) is 27.4 Å². The molecule has 0 radical (unpaired) electrons. The molecule has 9 heteroatoms. The van der Waals surface area contributed by atoms with Crippen LogP contribution < -0.4 is 16.4 Å². The number of primary amides is 1. The summed E-state index contributed by atoms with van der Waals surface area (Å²) in [4.78, 5) is 36.6. The number of carbonyl (C=O) groups excluding carboxylic acids is 3. The highest BCUT2D eigenvalue weighted by atomic mass is 127. The van der Waals surface area contributed by atoms with Crippen LogP contribution in [0.1, 0.15) is 18.1 Å². The van der Waals surface area contributed by atoms with Gasteiger partial charge in [-0.15, -0.1) is 0 Å². The van der Waals surface area contributed by atoms with Crippen LogP contribution in [0.5, 0.6) is 0 Å². The fourth-order valence-corrected chi connectivity index (χ4v) is 3.27. The summed E-state index contributed by atoms with van der Waals surface area (Å²) >= 11 is 2.13. The minimum Gasteiger partial charge on any atom is -0.445 e. The van der Waals surface area contributed by atoms with Crippen LogP contribution in [0.4, 0.5) is 4.79 Å². The van der Waals surface area contributed by atoms with Crippen LogP contribution in [0.3, 0.4) is 0 Å². The second-order valence-electron chi connectivity index (χ2n) is 6.68. The third-order valence-electron chi connectivity index (χ3n) is 4.29. The Balaban J connectivity index is 1.99. The lowest BCUT2D eigenvalue weighted by atomic mass is 10.0. The molecule has 2 aromatic carbocycles. The zero-order valence-corrected chi connectivity index (χ0v) is 18.5. The van der Waals surface area contributed by atoms with Gasteiger partial charge in [0.15, 0.2) is 0 Å². The van der Waals surface area contributed by atoms with Gasteiger partial charge in [0.1, 0.15) is 18.7 Å². The van der Waals surface area contributed by atoms with Crippen molar-refractivity contribution in [1.82, 2.24) is 10.6 Å². The first kappa shape index (κ1) is 23.6. The van der Waals surface area contributed by atoms with E-state index in [0.29, 0.717) is 0 Å². The summed E-state index contributed by atoms with van der Waals surface area (Å²) in [5, 5.41) is 14.8. The molecule has 2 aromatic rings. The monoisotopic (exact) mass is 525 g/mol. The van der Waals surface area contributed by atoms with Crippen molar-refractivity contribution in [2.24, 2.45) is 5.73 Å². The molecule has 2 rings (SSSR count). The zero-order chi connectivity index (χ0) is 22.1. The van der Waals surface area contributed by atoms with Crippen LogP contribution >= 0.6 is 22.6 Å². The fourth-order valence-electron chi connectivity index (χ4n) is 2.67. The topological polar surface area (TPSA) is 131 Å². The molecule has 0 unspecified atom stereocenters. The van der Waals surface area contributed by atoms with Gasteiger partial charge < -0.3 is 26.2 Å². The summed E-state index contributed by atoms with van der Waals surface area (Å²) in [6, 6.07) is 14.1. The average Bonchev–Trinajstić information content (AvgIpc) is 2.71. The van der Waals surface area contributed by atoms with Crippen LogP contribution in [0.25, 0.3) is 0 Å². The Hall–Kier alpha value is -2.66. The molecular weight excluding hydrogens is 501 g/mol. The second kappa shape index (κ2) is 11.5. The lowest BCUT2D eigenvalue weighted by molar-refractivity contribution is -0.130. The van der Waals surface area contributed by atoms with Crippen molar-refractivity contribution in [1.29, 1.82) is 0 Å². The maximum atomic E-state index is 12.6. The van der Waals surface area contributed by atoms with Gasteiger partial charge in [0, 0.05) is 9.99 Å². The van der Waals surface area contributed by atoms with E-state index < -0.39 is 36.1 Å². The van der Waals surface area contributed by atoms with Crippen molar-refractivity contribution in [3.8, 4) is 0 Å². The van der Waals surface area contributed by atoms with Gasteiger partial charge in [0.2, 0.25) is 11.8 Å². The van der Waals surface area contributed by atoms with Crippen molar-refractivity contribution in [3.63, 3.8) is 0 Å². The smallest absolute Gasteiger partial charge is 0.408 e. The van der Waals surface area contributed by atoms with Crippen LogP contribution in [0.2, 0.25) is 0 Å². The van der Waals surface area contributed by atoms with Crippen LogP contribution in [0, 0.1) is 3.57 Å². The van der Waals surface area contributed by atoms with E-state index in [2.05, 4.69) is 33.2 Å². The van der Waals surface area contributed by atoms with E-state index >= 15 is 0 Å². The third kappa shape index (κ3) is 7.30. The van der Waals surface area contributed by atoms with Crippen LogP contribution in [-0.4, -0.2) is 41.2 Å². The number of hydrogen-bond donors (Lipinski definition) is 4. The molecule has 0 spiro atoms. The van der Waals surface area contributed by atoms with E-state index in [4.69, 9.17) is 10.5 Å². The van der Waals surface area contributed by atoms with Crippen molar-refractivity contribution >= 4 is 40.5 Å². The Morgan fingerprint density at radius 3 is 2.30 bits per heavy atom. The summed E-state index contributed by atoms with van der Waals surface area (Å²) in [6.07, 6.45) is -1.90. The van der Waals surface area contributed by atoms with Gasteiger partial charge in [-0.25, -0.2) is 4.79 Å². The summed E-state index contributed by atoms with van der Waals surface area (Å²) in [7, 11) is 0. The number of halogens is 1. The molecule has 3 atom stereocenters. The predicted octanol–water partition coefficient (Wildman–Crippen LogP) is 1.48. The van der Waals surface area contributed by atoms with Gasteiger partial charge in [-0.1, -0.05) is 48.5 Å². The Morgan fingerprint density at radius 2 is 1.70 bits per heavy atom. The fraction of sp³-hybridized carbons (Fsp3) is 0.286. The number of hydrogen-bond acceptors (Lipinski definition) is 5. The minimum absolute atomic E-state index is 0.0111. The standard InChI is InChI=1S/C21H24IN3O5/c1-13(26)18(25-21(29)30-12-14-7-3-2-4-8-14)20(28)24-17(19(23)27)11-15-9-5-6-10-16(15)22/h2-10,13,17-18,26H,11-12H2,1H3,(H2,23,27)(H,24,28)(H,25,29)/t13-,17+,18+/m1/s1. The zero-order valence-electron chi connectivity index (χ0n) is 16.4. The van der Waals surface area contributed by atoms with E-state index in [1.54, 1.807) is 24.3 Å². The van der Waals surface area contributed by atoms with Gasteiger partial charge in [-0.05, 0) is 46.7 Å². The first-order chi connectivity index (χ1) is 14.3. The number of aliphatic hydroxyl groups excluding tert-OH is 1. The highest BCUT2D eigenvalue weighted by Gasteiger charge is 2.29. The van der Waals surface area contributed by atoms with Crippen molar-refractivity contribution in [3.05, 3.63) is 69.3 Å². The molecular formula is C21H24IN3O5. The minimum atomic E-state index is -1.31. The largest absolute Gasteiger partial charge is 0.445 e. The van der Waals surface area contributed by atoms with Gasteiger partial charge in [-0.2, -0.15) is 0 Å². The maximum Gasteiger partial charge on any atom is 0.408 e. The molecule has 0 saturated carbocycles. The summed E-state index contributed by atoms with van der Waals surface area (Å²) in [6.45, 7) is 1.36. The predicted molar refractivity (Wildman–Crippen MR) is 119 cm³/mol. The van der Waals surface area contributed by atoms with Crippen molar-refractivity contribution in [2.75, 3.05) is 0 Å². The summed E-state index contributed by atoms with van der Waals surface area (Å²) in [5.74, 6) is -1.46. The Bertz CT molecular complexity index is 876. The number of nitrogens with two attached hydrogens (primary N) is 1. The number of aliphatic hydroxyl groups is 1. The maximum absolute atomic E-state index is 12.6. The van der Waals surface area contributed by atoms with E-state index in [1.165, 1.54) is 6.92 Å². The molecule has 5 N–H and O–H groups in total. The molecule has 0 saturated heterocycles. The van der Waals surface area contributed by atoms with Gasteiger partial charge >= 0.3 is 6.09 Å². The Labute approximate surface area is 188 Å². The Morgan fingerprint density at radius 1 is 1.07 bits per heavy atom. The molecule has 3 amide bonds. The summed E-state index contributed by atoms with van der Waals surface area (Å²) in [5.41, 5.74) is 7.06. The number of ether oxygens (including phenoxy) is 1. The number of carbonyl (C=O) groups is 3. The molecule has 30 heavy (non-hydrogen) atoms. The molecule has 160 valence electrons. The number of nitrogens with one attached hydrogen (secondary N) is 2. The van der Waals surface area contributed by atoms with Gasteiger partial charge in [0.25, 0.3) is 0 Å². The number of amides is 3. The first-order valence-electron chi connectivity index (χ1n) is 9.26. The molecule has 8 nitrogen and oxygen atoms in total. The van der Waals surface area contributed by atoms with E-state index in [0.717, 1.165) is 14.7 Å². The molecule has 0 aromatic heterocycles. The number of rotatable bonds is 9. The first-order valence-corrected chi connectivity index (χ1v) is 10.3. The normalized spacial score (nSPS) is 13.6. The molecule has 0 heterocycles. The van der Waals surface area contributed by atoms with Crippen molar-refractivity contribution < 1.29 is 24.2 Å². The van der Waals surface area contributed by atoms with E-state index in [1.807, 2.05) is 30.3 Å². The lowest BCUT2D eigenvalue weighted by Crippen LogP contribution is -2.57. The van der Waals surface area contributed by atoms with Crippen molar-refractivity contribution in [2.45, 2.75) is 38.1 Å². The third-order valence-corrected chi connectivity index (χ3v) is 5.35. The van der Waals surface area contributed by atoms with E-state index in [9.17, 15) is 19.5 Å². The molecule has 0 bridgehead atoms. The highest BCUT2D eigenvalue weighted by molar-refractivity contribution is 14.1. The highest BCUT2D eigenvalue weighted by Crippen LogP contribution is 2.13.